The Bertz CT molecular complexity index is 662. The van der Waals surface area contributed by atoms with Crippen LogP contribution in [0, 0.1) is 0 Å². The third-order valence-corrected chi connectivity index (χ3v) is 5.60. The first-order valence-electron chi connectivity index (χ1n) is 6.83. The molecule has 1 aromatic heterocycles. The van der Waals surface area contributed by atoms with Gasteiger partial charge >= 0.3 is 7.60 Å². The predicted octanol–water partition coefficient (Wildman–Crippen LogP) is 3.74. The number of rotatable bonds is 7. The second-order valence-corrected chi connectivity index (χ2v) is 7.01. The lowest BCUT2D eigenvalue weighted by Gasteiger charge is -2.17. The average molecular weight is 389 g/mol. The third kappa shape index (κ3) is 3.43. The minimum atomic E-state index is -3.45. The maximum Gasteiger partial charge on any atom is 0.379 e. The first-order valence-corrected chi connectivity index (χ1v) is 9.17. The van der Waals surface area contributed by atoms with E-state index in [2.05, 4.69) is 26.1 Å². The van der Waals surface area contributed by atoms with Gasteiger partial charge in [-0.25, -0.2) is 0 Å². The molecule has 0 fully saturated rings. The van der Waals surface area contributed by atoms with Crippen LogP contribution < -0.4 is 10.2 Å². The van der Waals surface area contributed by atoms with E-state index in [-0.39, 0.29) is 13.2 Å². The van der Waals surface area contributed by atoms with E-state index in [1.807, 2.05) is 24.3 Å². The molecular weight excluding hydrogens is 371 g/mol. The lowest BCUT2D eigenvalue weighted by molar-refractivity contribution is 0.229. The molecule has 0 saturated heterocycles. The minimum absolute atomic E-state index is 0.274. The molecule has 1 heterocycles. The van der Waals surface area contributed by atoms with Crippen molar-refractivity contribution < 1.29 is 18.3 Å². The van der Waals surface area contributed by atoms with E-state index in [0.29, 0.717) is 15.6 Å². The molecule has 120 valence electrons. The highest BCUT2D eigenvalue weighted by atomic mass is 79.9. The highest BCUT2D eigenvalue weighted by Crippen LogP contribution is 2.49. The van der Waals surface area contributed by atoms with Gasteiger partial charge in [0.05, 0.1) is 20.3 Å². The number of H-pyrrole nitrogens is 1. The number of benzene rings is 1. The monoisotopic (exact) mass is 388 g/mol. The third-order valence-electron chi connectivity index (χ3n) is 2.95. The summed E-state index contributed by atoms with van der Waals surface area (Å²) in [6, 6.07) is 7.37. The normalized spacial score (nSPS) is 11.6. The van der Waals surface area contributed by atoms with Crippen molar-refractivity contribution in [2.24, 2.45) is 0 Å². The summed E-state index contributed by atoms with van der Waals surface area (Å²) < 4.78 is 29.5. The SMILES string of the molecule is CCOP(=O)(OCC)c1[nH]nc(Br)c1-c1ccc(OC)cc1. The van der Waals surface area contributed by atoms with Crippen molar-refractivity contribution in [1.29, 1.82) is 0 Å². The van der Waals surface area contributed by atoms with Gasteiger partial charge in [-0.15, -0.1) is 0 Å². The Morgan fingerprint density at radius 2 is 1.77 bits per heavy atom. The molecule has 6 nitrogen and oxygen atoms in total. The zero-order valence-electron chi connectivity index (χ0n) is 12.6. The number of nitrogens with zero attached hydrogens (tertiary/aromatic N) is 1. The standard InChI is InChI=1S/C14H18BrN2O4P/c1-4-20-22(18,21-5-2)14-12(13(15)16-17-14)10-6-8-11(19-3)9-7-10/h6-9H,4-5H2,1-3H3,(H,16,17). The van der Waals surface area contributed by atoms with Crippen LogP contribution >= 0.6 is 23.5 Å². The molecule has 0 amide bonds. The molecule has 1 N–H and O–H groups in total. The second kappa shape index (κ2) is 7.42. The van der Waals surface area contributed by atoms with Gasteiger partial charge in [0.1, 0.15) is 10.4 Å². The van der Waals surface area contributed by atoms with Crippen molar-refractivity contribution in [1.82, 2.24) is 10.2 Å². The van der Waals surface area contributed by atoms with Crippen LogP contribution in [-0.2, 0) is 13.6 Å². The quantitative estimate of drug-likeness (QED) is 0.731. The number of nitrogens with one attached hydrogen (secondary N) is 1. The second-order valence-electron chi connectivity index (χ2n) is 4.30. The number of ether oxygens (including phenoxy) is 1. The molecule has 1 aromatic carbocycles. The molecule has 0 saturated carbocycles. The average Bonchev–Trinajstić information content (AvgIpc) is 2.90. The number of methoxy groups -OCH3 is 1. The molecule has 0 bridgehead atoms. The Morgan fingerprint density at radius 3 is 2.27 bits per heavy atom. The number of halogens is 1. The molecule has 22 heavy (non-hydrogen) atoms. The molecule has 0 spiro atoms. The zero-order valence-corrected chi connectivity index (χ0v) is 15.1. The maximum absolute atomic E-state index is 13.0. The van der Waals surface area contributed by atoms with Crippen molar-refractivity contribution in [3.63, 3.8) is 0 Å². The molecule has 8 heteroatoms. The molecule has 0 radical (unpaired) electrons. The topological polar surface area (TPSA) is 73.4 Å². The smallest absolute Gasteiger partial charge is 0.379 e. The molecule has 0 aliphatic heterocycles. The first kappa shape index (κ1) is 17.2. The fourth-order valence-electron chi connectivity index (χ4n) is 2.03. The summed E-state index contributed by atoms with van der Waals surface area (Å²) in [7, 11) is -1.85. The predicted molar refractivity (Wildman–Crippen MR) is 88.8 cm³/mol. The van der Waals surface area contributed by atoms with Gasteiger partial charge in [0, 0.05) is 5.56 Å². The lowest BCUT2D eigenvalue weighted by Crippen LogP contribution is -2.14. The molecule has 0 aliphatic rings. The zero-order chi connectivity index (χ0) is 16.2. The van der Waals surface area contributed by atoms with Gasteiger partial charge in [-0.1, -0.05) is 12.1 Å². The van der Waals surface area contributed by atoms with Gasteiger partial charge in [-0.2, -0.15) is 5.10 Å². The Morgan fingerprint density at radius 1 is 1.18 bits per heavy atom. The van der Waals surface area contributed by atoms with Crippen LogP contribution in [0.15, 0.2) is 28.9 Å². The van der Waals surface area contributed by atoms with Crippen molar-refractivity contribution >= 4 is 29.0 Å². The van der Waals surface area contributed by atoms with Crippen LogP contribution in [0.3, 0.4) is 0 Å². The van der Waals surface area contributed by atoms with Gasteiger partial charge in [0.2, 0.25) is 0 Å². The Hall–Kier alpha value is -1.14. The summed E-state index contributed by atoms with van der Waals surface area (Å²) in [5.41, 5.74) is 1.83. The first-order chi connectivity index (χ1) is 10.6. The lowest BCUT2D eigenvalue weighted by atomic mass is 10.1. The molecule has 2 aromatic rings. The molecular formula is C14H18BrN2O4P. The summed E-state index contributed by atoms with van der Waals surface area (Å²) in [6.07, 6.45) is 0. The van der Waals surface area contributed by atoms with Crippen LogP contribution in [0.5, 0.6) is 5.75 Å². The van der Waals surface area contributed by atoms with E-state index >= 15 is 0 Å². The van der Waals surface area contributed by atoms with Crippen LogP contribution in [-0.4, -0.2) is 30.5 Å². The fourth-order valence-corrected chi connectivity index (χ4v) is 4.39. The number of hydrogen-bond acceptors (Lipinski definition) is 5. The van der Waals surface area contributed by atoms with Gasteiger partial charge in [-0.3, -0.25) is 9.66 Å². The Labute approximate surface area is 137 Å². The number of aromatic nitrogens is 2. The van der Waals surface area contributed by atoms with Gasteiger partial charge in [0.15, 0.2) is 5.44 Å². The van der Waals surface area contributed by atoms with Gasteiger partial charge < -0.3 is 13.8 Å². The van der Waals surface area contributed by atoms with Crippen LogP contribution in [0.25, 0.3) is 11.1 Å². The van der Waals surface area contributed by atoms with E-state index < -0.39 is 7.60 Å². The van der Waals surface area contributed by atoms with Gasteiger partial charge in [-0.05, 0) is 47.5 Å². The summed E-state index contributed by atoms with van der Waals surface area (Å²) in [4.78, 5) is 0. The fraction of sp³-hybridized carbons (Fsp3) is 0.357. The molecule has 0 atom stereocenters. The summed E-state index contributed by atoms with van der Waals surface area (Å²) in [5, 5.41) is 6.86. The summed E-state index contributed by atoms with van der Waals surface area (Å²) >= 11 is 3.38. The van der Waals surface area contributed by atoms with Crippen molar-refractivity contribution in [3.8, 4) is 16.9 Å². The maximum atomic E-state index is 13.0. The van der Waals surface area contributed by atoms with E-state index in [9.17, 15) is 4.57 Å². The van der Waals surface area contributed by atoms with Crippen LogP contribution in [0.4, 0.5) is 0 Å². The molecule has 0 aliphatic carbocycles. The minimum Gasteiger partial charge on any atom is -0.497 e. The van der Waals surface area contributed by atoms with Crippen molar-refractivity contribution in [2.45, 2.75) is 13.8 Å². The van der Waals surface area contributed by atoms with E-state index in [1.54, 1.807) is 21.0 Å². The highest BCUT2D eigenvalue weighted by Gasteiger charge is 2.34. The highest BCUT2D eigenvalue weighted by molar-refractivity contribution is 9.10. The van der Waals surface area contributed by atoms with Crippen LogP contribution in [0.1, 0.15) is 13.8 Å². The Kier molecular flexibility index (Phi) is 5.81. The molecule has 0 unspecified atom stereocenters. The van der Waals surface area contributed by atoms with E-state index in [4.69, 9.17) is 13.8 Å². The van der Waals surface area contributed by atoms with Crippen molar-refractivity contribution in [3.05, 3.63) is 28.9 Å². The number of aromatic amines is 1. The van der Waals surface area contributed by atoms with E-state index in [1.165, 1.54) is 0 Å². The van der Waals surface area contributed by atoms with Crippen molar-refractivity contribution in [2.75, 3.05) is 20.3 Å². The summed E-state index contributed by atoms with van der Waals surface area (Å²) in [6.45, 7) is 4.08. The molecule has 2 rings (SSSR count). The van der Waals surface area contributed by atoms with E-state index in [0.717, 1.165) is 11.3 Å². The number of hydrogen-bond donors (Lipinski definition) is 1. The largest absolute Gasteiger partial charge is 0.497 e. The Balaban J connectivity index is 2.52. The summed E-state index contributed by atoms with van der Waals surface area (Å²) in [5.74, 6) is 0.739. The van der Waals surface area contributed by atoms with Crippen LogP contribution in [0.2, 0.25) is 0 Å². The van der Waals surface area contributed by atoms with Gasteiger partial charge in [0.25, 0.3) is 0 Å².